The Balaban J connectivity index is 2.20. The van der Waals surface area contributed by atoms with Crippen LogP contribution in [0.4, 0.5) is 0 Å². The molecule has 0 aliphatic heterocycles. The zero-order valence-corrected chi connectivity index (χ0v) is 17.2. The van der Waals surface area contributed by atoms with Gasteiger partial charge in [0, 0.05) is 18.8 Å². The predicted octanol–water partition coefficient (Wildman–Crippen LogP) is 3.10. The largest absolute Gasteiger partial charge is 0.388 e. The minimum atomic E-state index is -0.711. The molecule has 0 spiro atoms. The minimum absolute atomic E-state index is 0.477. The second kappa shape index (κ2) is 9.55. The van der Waals surface area contributed by atoms with Crippen molar-refractivity contribution in [2.45, 2.75) is 59.6 Å². The summed E-state index contributed by atoms with van der Waals surface area (Å²) in [6.07, 6.45) is 1.41. The van der Waals surface area contributed by atoms with Crippen LogP contribution in [0, 0.1) is 13.8 Å². The number of aryl methyl sites for hydroxylation is 2. The first kappa shape index (κ1) is 21.0. The molecule has 6 nitrogen and oxygen atoms in total. The highest BCUT2D eigenvalue weighted by molar-refractivity contribution is 5.79. The molecule has 3 N–H and O–H groups in total. The Morgan fingerprint density at radius 1 is 1.15 bits per heavy atom. The molecule has 1 heterocycles. The van der Waals surface area contributed by atoms with Gasteiger partial charge in [0.2, 0.25) is 0 Å². The molecular formula is C21H33N5O. The molecule has 6 heteroatoms. The molecule has 0 aliphatic carbocycles. The molecule has 148 valence electrons. The SMILES string of the molecule is CCNC(=NCc1ccccc1-n1nc(C)cc1C)NCC(O)(CC)CC. The van der Waals surface area contributed by atoms with Crippen molar-refractivity contribution < 1.29 is 5.11 Å². The molecule has 0 saturated heterocycles. The number of benzene rings is 1. The quantitative estimate of drug-likeness (QED) is 0.492. The van der Waals surface area contributed by atoms with E-state index in [2.05, 4.69) is 40.9 Å². The highest BCUT2D eigenvalue weighted by atomic mass is 16.3. The van der Waals surface area contributed by atoms with Gasteiger partial charge in [-0.15, -0.1) is 0 Å². The number of para-hydroxylation sites is 1. The maximum atomic E-state index is 10.5. The van der Waals surface area contributed by atoms with E-state index in [1.165, 1.54) is 0 Å². The average molecular weight is 372 g/mol. The van der Waals surface area contributed by atoms with E-state index >= 15 is 0 Å². The van der Waals surface area contributed by atoms with Crippen LogP contribution >= 0.6 is 0 Å². The molecule has 0 unspecified atom stereocenters. The van der Waals surface area contributed by atoms with Crippen molar-refractivity contribution in [1.29, 1.82) is 0 Å². The number of aromatic nitrogens is 2. The first-order chi connectivity index (χ1) is 12.9. The molecule has 1 aromatic heterocycles. The third kappa shape index (κ3) is 5.57. The van der Waals surface area contributed by atoms with Crippen molar-refractivity contribution in [3.8, 4) is 5.69 Å². The molecule has 0 radical (unpaired) electrons. The molecule has 2 aromatic rings. The summed E-state index contributed by atoms with van der Waals surface area (Å²) in [6, 6.07) is 10.3. The van der Waals surface area contributed by atoms with Gasteiger partial charge in [-0.25, -0.2) is 9.67 Å². The van der Waals surface area contributed by atoms with E-state index in [1.807, 2.05) is 44.5 Å². The third-order valence-corrected chi connectivity index (χ3v) is 4.88. The summed E-state index contributed by atoms with van der Waals surface area (Å²) >= 11 is 0. The van der Waals surface area contributed by atoms with Gasteiger partial charge in [-0.3, -0.25) is 0 Å². The summed E-state index contributed by atoms with van der Waals surface area (Å²) in [7, 11) is 0. The molecule has 0 fully saturated rings. The fourth-order valence-electron chi connectivity index (χ4n) is 2.98. The van der Waals surface area contributed by atoms with Crippen molar-refractivity contribution in [3.63, 3.8) is 0 Å². The number of hydrogen-bond donors (Lipinski definition) is 3. The lowest BCUT2D eigenvalue weighted by Gasteiger charge is -2.26. The second-order valence-electron chi connectivity index (χ2n) is 6.95. The highest BCUT2D eigenvalue weighted by Crippen LogP contribution is 2.18. The molecule has 27 heavy (non-hydrogen) atoms. The zero-order chi connectivity index (χ0) is 19.9. The van der Waals surface area contributed by atoms with Crippen LogP contribution in [0.3, 0.4) is 0 Å². The number of guanidine groups is 1. The number of aliphatic hydroxyl groups is 1. The Labute approximate surface area is 162 Å². The fraction of sp³-hybridized carbons (Fsp3) is 0.524. The minimum Gasteiger partial charge on any atom is -0.388 e. The van der Waals surface area contributed by atoms with Crippen LogP contribution in [-0.4, -0.2) is 39.5 Å². The Morgan fingerprint density at radius 2 is 1.85 bits per heavy atom. The highest BCUT2D eigenvalue weighted by Gasteiger charge is 2.22. The van der Waals surface area contributed by atoms with Crippen LogP contribution in [0.15, 0.2) is 35.3 Å². The van der Waals surface area contributed by atoms with Gasteiger partial charge >= 0.3 is 0 Å². The van der Waals surface area contributed by atoms with E-state index < -0.39 is 5.60 Å². The topological polar surface area (TPSA) is 74.5 Å². The molecule has 0 atom stereocenters. The van der Waals surface area contributed by atoms with E-state index in [9.17, 15) is 5.11 Å². The monoisotopic (exact) mass is 371 g/mol. The first-order valence-corrected chi connectivity index (χ1v) is 9.78. The maximum absolute atomic E-state index is 10.5. The molecule has 0 bridgehead atoms. The lowest BCUT2D eigenvalue weighted by molar-refractivity contribution is 0.0367. The fourth-order valence-corrected chi connectivity index (χ4v) is 2.98. The average Bonchev–Trinajstić information content (AvgIpc) is 3.02. The van der Waals surface area contributed by atoms with Crippen LogP contribution < -0.4 is 10.6 Å². The smallest absolute Gasteiger partial charge is 0.191 e. The van der Waals surface area contributed by atoms with Crippen LogP contribution in [0.2, 0.25) is 0 Å². The molecule has 2 rings (SSSR count). The lowest BCUT2D eigenvalue weighted by atomic mass is 9.98. The Hall–Kier alpha value is -2.34. The van der Waals surface area contributed by atoms with E-state index in [4.69, 9.17) is 4.99 Å². The van der Waals surface area contributed by atoms with Crippen molar-refractivity contribution in [2.75, 3.05) is 13.1 Å². The summed E-state index contributed by atoms with van der Waals surface area (Å²) < 4.78 is 1.97. The Kier molecular flexibility index (Phi) is 7.42. The van der Waals surface area contributed by atoms with E-state index in [0.29, 0.717) is 31.9 Å². The van der Waals surface area contributed by atoms with Crippen molar-refractivity contribution >= 4 is 5.96 Å². The number of aliphatic imine (C=N–C) groups is 1. The summed E-state index contributed by atoms with van der Waals surface area (Å²) in [4.78, 5) is 4.72. The van der Waals surface area contributed by atoms with Crippen molar-refractivity contribution in [1.82, 2.24) is 20.4 Å². The zero-order valence-electron chi connectivity index (χ0n) is 17.2. The molecule has 0 amide bonds. The molecule has 1 aromatic carbocycles. The van der Waals surface area contributed by atoms with Crippen molar-refractivity contribution in [2.24, 2.45) is 4.99 Å². The summed E-state index contributed by atoms with van der Waals surface area (Å²) in [5.74, 6) is 0.709. The van der Waals surface area contributed by atoms with Gasteiger partial charge in [0.05, 0.1) is 23.5 Å². The molecular weight excluding hydrogens is 338 g/mol. The van der Waals surface area contributed by atoms with E-state index in [-0.39, 0.29) is 0 Å². The second-order valence-corrected chi connectivity index (χ2v) is 6.95. The van der Waals surface area contributed by atoms with Crippen LogP contribution in [-0.2, 0) is 6.54 Å². The van der Waals surface area contributed by atoms with Gasteiger partial charge in [0.25, 0.3) is 0 Å². The Morgan fingerprint density at radius 3 is 2.44 bits per heavy atom. The van der Waals surface area contributed by atoms with E-state index in [0.717, 1.165) is 29.2 Å². The Bertz CT molecular complexity index is 762. The number of hydrogen-bond acceptors (Lipinski definition) is 3. The van der Waals surface area contributed by atoms with Gasteiger partial charge in [-0.2, -0.15) is 5.10 Å². The number of rotatable bonds is 8. The van der Waals surface area contributed by atoms with E-state index in [1.54, 1.807) is 0 Å². The standard InChI is InChI=1S/C21H33N5O/c1-6-21(27,7-2)15-24-20(22-8-3)23-14-18-11-9-10-12-19(18)26-17(5)13-16(4)25-26/h9-13,27H,6-8,14-15H2,1-5H3,(H2,22,23,24). The van der Waals surface area contributed by atoms with Gasteiger partial charge in [0.1, 0.15) is 0 Å². The molecule has 0 saturated carbocycles. The van der Waals surface area contributed by atoms with Gasteiger partial charge in [-0.05, 0) is 51.3 Å². The third-order valence-electron chi connectivity index (χ3n) is 4.88. The van der Waals surface area contributed by atoms with Crippen molar-refractivity contribution in [3.05, 3.63) is 47.3 Å². The summed E-state index contributed by atoms with van der Waals surface area (Å²) in [5, 5.41) is 21.6. The van der Waals surface area contributed by atoms with Gasteiger partial charge in [-0.1, -0.05) is 32.0 Å². The maximum Gasteiger partial charge on any atom is 0.191 e. The lowest BCUT2D eigenvalue weighted by Crippen LogP contribution is -2.46. The molecule has 0 aliphatic rings. The van der Waals surface area contributed by atoms with Crippen LogP contribution in [0.25, 0.3) is 5.69 Å². The first-order valence-electron chi connectivity index (χ1n) is 9.78. The van der Waals surface area contributed by atoms with Crippen LogP contribution in [0.5, 0.6) is 0 Å². The number of nitrogens with one attached hydrogen (secondary N) is 2. The normalized spacial score (nSPS) is 12.3. The predicted molar refractivity (Wildman–Crippen MR) is 111 cm³/mol. The summed E-state index contributed by atoms with van der Waals surface area (Å²) in [6.45, 7) is 11.9. The van der Waals surface area contributed by atoms with Gasteiger partial charge < -0.3 is 15.7 Å². The van der Waals surface area contributed by atoms with Crippen LogP contribution in [0.1, 0.15) is 50.6 Å². The summed E-state index contributed by atoms with van der Waals surface area (Å²) in [5.41, 5.74) is 3.53. The number of nitrogens with zero attached hydrogens (tertiary/aromatic N) is 3. The van der Waals surface area contributed by atoms with Gasteiger partial charge in [0.15, 0.2) is 5.96 Å².